The number of rotatable bonds is 3. The van der Waals surface area contributed by atoms with E-state index in [4.69, 9.17) is 9.47 Å². The van der Waals surface area contributed by atoms with Crippen LogP contribution < -0.4 is 20.2 Å². The van der Waals surface area contributed by atoms with Gasteiger partial charge in [0.05, 0.1) is 6.42 Å². The minimum Gasteiger partial charge on any atom is -0.454 e. The monoisotopic (exact) mass is 261 g/mol. The van der Waals surface area contributed by atoms with Gasteiger partial charge < -0.3 is 14.8 Å². The summed E-state index contributed by atoms with van der Waals surface area (Å²) in [6, 6.07) is 5.44. The van der Waals surface area contributed by atoms with Crippen LogP contribution in [0.5, 0.6) is 11.5 Å². The number of nitrogens with one attached hydrogen (secondary N) is 2. The lowest BCUT2D eigenvalue weighted by Gasteiger charge is -2.05. The minimum absolute atomic E-state index is 0.0208. The van der Waals surface area contributed by atoms with Crippen molar-refractivity contribution in [2.75, 3.05) is 6.79 Å². The molecule has 19 heavy (non-hydrogen) atoms. The molecule has 2 N–H and O–H groups in total. The Morgan fingerprint density at radius 3 is 3.00 bits per heavy atom. The van der Waals surface area contributed by atoms with E-state index in [1.54, 1.807) is 6.07 Å². The standard InChI is InChI=1S/C12H11N3O4/c16-11-4-8(14-15-11)12(17)13-5-7-1-2-9-10(3-7)19-6-18-9/h1-3H,4-6H2,(H,13,17)(H,15,16). The Morgan fingerprint density at radius 1 is 1.37 bits per heavy atom. The number of fused-ring (bicyclic) bond motifs is 1. The van der Waals surface area contributed by atoms with Crippen LogP contribution in [0.1, 0.15) is 12.0 Å². The Hall–Kier alpha value is -2.57. The van der Waals surface area contributed by atoms with Crippen molar-refractivity contribution in [1.82, 2.24) is 10.7 Å². The van der Waals surface area contributed by atoms with Gasteiger partial charge in [-0.15, -0.1) is 0 Å². The topological polar surface area (TPSA) is 89.0 Å². The second kappa shape index (κ2) is 4.60. The molecular formula is C12H11N3O4. The molecule has 0 saturated carbocycles. The van der Waals surface area contributed by atoms with Gasteiger partial charge in [-0.1, -0.05) is 6.07 Å². The normalized spacial score (nSPS) is 16.0. The number of ether oxygens (including phenoxy) is 2. The molecular weight excluding hydrogens is 250 g/mol. The molecule has 1 aromatic rings. The highest BCUT2D eigenvalue weighted by Crippen LogP contribution is 2.32. The molecule has 0 radical (unpaired) electrons. The zero-order chi connectivity index (χ0) is 13.2. The summed E-state index contributed by atoms with van der Waals surface area (Å²) in [6.45, 7) is 0.554. The average Bonchev–Trinajstić information content (AvgIpc) is 3.03. The lowest BCUT2D eigenvalue weighted by atomic mass is 10.2. The van der Waals surface area contributed by atoms with Crippen molar-refractivity contribution >= 4 is 17.5 Å². The Morgan fingerprint density at radius 2 is 2.21 bits per heavy atom. The molecule has 1 aromatic carbocycles. The van der Waals surface area contributed by atoms with Crippen molar-refractivity contribution in [3.63, 3.8) is 0 Å². The van der Waals surface area contributed by atoms with E-state index in [2.05, 4.69) is 15.8 Å². The number of hydrogen-bond acceptors (Lipinski definition) is 5. The van der Waals surface area contributed by atoms with E-state index in [1.165, 1.54) is 0 Å². The summed E-state index contributed by atoms with van der Waals surface area (Å²) in [7, 11) is 0. The summed E-state index contributed by atoms with van der Waals surface area (Å²) in [6.07, 6.45) is 0.0208. The average molecular weight is 261 g/mol. The van der Waals surface area contributed by atoms with E-state index in [0.29, 0.717) is 18.0 Å². The van der Waals surface area contributed by atoms with E-state index >= 15 is 0 Å². The fourth-order valence-corrected chi connectivity index (χ4v) is 1.83. The largest absolute Gasteiger partial charge is 0.454 e. The predicted octanol–water partition coefficient (Wildman–Crippen LogP) is -0.0926. The third kappa shape index (κ3) is 2.35. The van der Waals surface area contributed by atoms with Crippen molar-refractivity contribution in [2.45, 2.75) is 13.0 Å². The molecule has 0 atom stereocenters. The summed E-state index contributed by atoms with van der Waals surface area (Å²) >= 11 is 0. The first kappa shape index (κ1) is 11.5. The first-order valence-electron chi connectivity index (χ1n) is 5.74. The highest BCUT2D eigenvalue weighted by Gasteiger charge is 2.21. The molecule has 2 aliphatic heterocycles. The molecule has 7 nitrogen and oxygen atoms in total. The molecule has 7 heteroatoms. The van der Waals surface area contributed by atoms with Crippen LogP contribution in [0.25, 0.3) is 0 Å². The quantitative estimate of drug-likeness (QED) is 0.795. The lowest BCUT2D eigenvalue weighted by Crippen LogP contribution is -2.30. The maximum Gasteiger partial charge on any atom is 0.268 e. The van der Waals surface area contributed by atoms with Gasteiger partial charge in [-0.2, -0.15) is 5.10 Å². The maximum absolute atomic E-state index is 11.7. The van der Waals surface area contributed by atoms with Crippen molar-refractivity contribution in [2.24, 2.45) is 5.10 Å². The van der Waals surface area contributed by atoms with Gasteiger partial charge in [-0.05, 0) is 17.7 Å². The van der Waals surface area contributed by atoms with Gasteiger partial charge >= 0.3 is 0 Å². The first-order valence-corrected chi connectivity index (χ1v) is 5.74. The molecule has 98 valence electrons. The van der Waals surface area contributed by atoms with E-state index in [1.807, 2.05) is 12.1 Å². The zero-order valence-electron chi connectivity index (χ0n) is 9.93. The van der Waals surface area contributed by atoms with Crippen molar-refractivity contribution < 1.29 is 19.1 Å². The molecule has 2 aliphatic rings. The molecule has 0 aliphatic carbocycles. The van der Waals surface area contributed by atoms with Crippen LogP contribution in [-0.4, -0.2) is 24.3 Å². The minimum atomic E-state index is -0.351. The Balaban J connectivity index is 1.60. The predicted molar refractivity (Wildman–Crippen MR) is 64.6 cm³/mol. The molecule has 0 bridgehead atoms. The van der Waals surface area contributed by atoms with Gasteiger partial charge in [0, 0.05) is 6.54 Å². The number of hydrazone groups is 1. The molecule has 3 rings (SSSR count). The van der Waals surface area contributed by atoms with E-state index in [0.717, 1.165) is 5.56 Å². The fourth-order valence-electron chi connectivity index (χ4n) is 1.83. The maximum atomic E-state index is 11.7. The van der Waals surface area contributed by atoms with Crippen LogP contribution in [0.4, 0.5) is 0 Å². The Bertz CT molecular complexity index is 582. The summed E-state index contributed by atoms with van der Waals surface area (Å²) in [5.41, 5.74) is 3.32. The second-order valence-corrected chi connectivity index (χ2v) is 4.14. The van der Waals surface area contributed by atoms with Crippen molar-refractivity contribution in [3.8, 4) is 11.5 Å². The molecule has 2 heterocycles. The second-order valence-electron chi connectivity index (χ2n) is 4.14. The fraction of sp³-hybridized carbons (Fsp3) is 0.250. The highest BCUT2D eigenvalue weighted by atomic mass is 16.7. The number of benzene rings is 1. The Kier molecular flexibility index (Phi) is 2.79. The van der Waals surface area contributed by atoms with Crippen LogP contribution in [0.3, 0.4) is 0 Å². The third-order valence-electron chi connectivity index (χ3n) is 2.80. The summed E-state index contributed by atoms with van der Waals surface area (Å²) in [5.74, 6) is 0.746. The SMILES string of the molecule is O=C1CC(C(=O)NCc2ccc3c(c2)OCO3)=NN1. The summed E-state index contributed by atoms with van der Waals surface area (Å²) in [5, 5.41) is 6.34. The van der Waals surface area contributed by atoms with Gasteiger partial charge in [-0.3, -0.25) is 9.59 Å². The molecule has 0 saturated heterocycles. The summed E-state index contributed by atoms with van der Waals surface area (Å²) in [4.78, 5) is 22.6. The number of carbonyl (C=O) groups excluding carboxylic acids is 2. The van der Waals surface area contributed by atoms with E-state index in [9.17, 15) is 9.59 Å². The number of nitrogens with zero attached hydrogens (tertiary/aromatic N) is 1. The van der Waals surface area contributed by atoms with E-state index in [-0.39, 0.29) is 30.7 Å². The number of hydrogen-bond donors (Lipinski definition) is 2. The molecule has 0 fully saturated rings. The summed E-state index contributed by atoms with van der Waals surface area (Å²) < 4.78 is 10.4. The van der Waals surface area contributed by atoms with Crippen LogP contribution >= 0.6 is 0 Å². The smallest absolute Gasteiger partial charge is 0.268 e. The van der Waals surface area contributed by atoms with Crippen LogP contribution in [-0.2, 0) is 16.1 Å². The molecule has 0 aromatic heterocycles. The van der Waals surface area contributed by atoms with Gasteiger partial charge in [0.15, 0.2) is 11.5 Å². The lowest BCUT2D eigenvalue weighted by molar-refractivity contribution is -0.120. The van der Waals surface area contributed by atoms with Gasteiger partial charge in [-0.25, -0.2) is 5.43 Å². The molecule has 0 unspecified atom stereocenters. The van der Waals surface area contributed by atoms with Crippen LogP contribution in [0.2, 0.25) is 0 Å². The molecule has 2 amide bonds. The van der Waals surface area contributed by atoms with Gasteiger partial charge in [0.25, 0.3) is 5.91 Å². The van der Waals surface area contributed by atoms with Crippen LogP contribution in [0.15, 0.2) is 23.3 Å². The Labute approximate surface area is 108 Å². The number of carbonyl (C=O) groups is 2. The van der Waals surface area contributed by atoms with Crippen molar-refractivity contribution in [3.05, 3.63) is 23.8 Å². The van der Waals surface area contributed by atoms with Crippen LogP contribution in [0, 0.1) is 0 Å². The molecule has 0 spiro atoms. The van der Waals surface area contributed by atoms with Crippen molar-refractivity contribution in [1.29, 1.82) is 0 Å². The zero-order valence-corrected chi connectivity index (χ0v) is 9.93. The highest BCUT2D eigenvalue weighted by molar-refractivity contribution is 6.43. The van der Waals surface area contributed by atoms with E-state index < -0.39 is 0 Å². The first-order chi connectivity index (χ1) is 9.22. The third-order valence-corrected chi connectivity index (χ3v) is 2.80. The number of amides is 2. The van der Waals surface area contributed by atoms with Gasteiger partial charge in [0.1, 0.15) is 5.71 Å². The van der Waals surface area contributed by atoms with Gasteiger partial charge in [0.2, 0.25) is 12.7 Å².